The summed E-state index contributed by atoms with van der Waals surface area (Å²) in [6.45, 7) is 8.08. The second kappa shape index (κ2) is 6.31. The average molecular weight is 267 g/mol. The monoisotopic (exact) mass is 267 g/mol. The molecule has 1 fully saturated rings. The van der Waals surface area contributed by atoms with Gasteiger partial charge in [-0.3, -0.25) is 9.69 Å². The summed E-state index contributed by atoms with van der Waals surface area (Å²) in [5, 5.41) is 3.33. The van der Waals surface area contributed by atoms with Crippen molar-refractivity contribution >= 4 is 17.2 Å². The molecule has 18 heavy (non-hydrogen) atoms. The van der Waals surface area contributed by atoms with Gasteiger partial charge in [-0.2, -0.15) is 0 Å². The van der Waals surface area contributed by atoms with Gasteiger partial charge in [-0.05, 0) is 19.1 Å². The van der Waals surface area contributed by atoms with Crippen LogP contribution in [0, 0.1) is 6.92 Å². The molecule has 2 heterocycles. The second-order valence-corrected chi connectivity index (χ2v) is 6.02. The van der Waals surface area contributed by atoms with E-state index in [0.717, 1.165) is 44.1 Å². The van der Waals surface area contributed by atoms with Crippen LogP contribution in [0.1, 0.15) is 14.5 Å². The molecule has 1 aromatic heterocycles. The molecule has 1 saturated heterocycles. The van der Waals surface area contributed by atoms with Crippen LogP contribution in [0.5, 0.6) is 0 Å². The van der Waals surface area contributed by atoms with Crippen molar-refractivity contribution in [3.05, 3.63) is 21.9 Å². The quantitative estimate of drug-likeness (QED) is 0.885. The van der Waals surface area contributed by atoms with E-state index in [0.29, 0.717) is 0 Å². The molecule has 1 aliphatic rings. The third kappa shape index (κ3) is 3.54. The standard InChI is InChI=1S/C13H21N3OS/c1-11-3-4-12(18-11)13(17)15(2)9-10-16-7-5-14-6-8-16/h3-4,14H,5-10H2,1-2H3. The molecule has 0 aromatic carbocycles. The Kier molecular flexibility index (Phi) is 4.74. The maximum absolute atomic E-state index is 12.1. The maximum Gasteiger partial charge on any atom is 0.263 e. The molecule has 0 unspecified atom stereocenters. The number of amides is 1. The highest BCUT2D eigenvalue weighted by Crippen LogP contribution is 2.16. The van der Waals surface area contributed by atoms with Crippen molar-refractivity contribution in [3.8, 4) is 0 Å². The number of thiophene rings is 1. The van der Waals surface area contributed by atoms with Crippen molar-refractivity contribution in [2.45, 2.75) is 6.92 Å². The summed E-state index contributed by atoms with van der Waals surface area (Å²) in [5.41, 5.74) is 0. The van der Waals surface area contributed by atoms with Crippen LogP contribution in [0.4, 0.5) is 0 Å². The smallest absolute Gasteiger partial charge is 0.263 e. The predicted molar refractivity (Wildman–Crippen MR) is 75.3 cm³/mol. The summed E-state index contributed by atoms with van der Waals surface area (Å²) in [7, 11) is 1.89. The van der Waals surface area contributed by atoms with Crippen LogP contribution in [0.25, 0.3) is 0 Å². The number of rotatable bonds is 4. The van der Waals surface area contributed by atoms with Crippen LogP contribution in [0.15, 0.2) is 12.1 Å². The van der Waals surface area contributed by atoms with Crippen molar-refractivity contribution in [2.75, 3.05) is 46.3 Å². The van der Waals surface area contributed by atoms with Crippen molar-refractivity contribution in [3.63, 3.8) is 0 Å². The summed E-state index contributed by atoms with van der Waals surface area (Å²) < 4.78 is 0. The van der Waals surface area contributed by atoms with Gasteiger partial charge in [-0.25, -0.2) is 0 Å². The molecule has 0 saturated carbocycles. The Morgan fingerprint density at radius 3 is 2.78 bits per heavy atom. The van der Waals surface area contributed by atoms with Gasteiger partial charge in [0.2, 0.25) is 0 Å². The first-order valence-corrected chi connectivity index (χ1v) is 7.23. The molecular formula is C13H21N3OS. The maximum atomic E-state index is 12.1. The fraction of sp³-hybridized carbons (Fsp3) is 0.615. The summed E-state index contributed by atoms with van der Waals surface area (Å²) in [6, 6.07) is 3.92. The molecule has 100 valence electrons. The second-order valence-electron chi connectivity index (χ2n) is 4.73. The van der Waals surface area contributed by atoms with Crippen molar-refractivity contribution in [2.24, 2.45) is 0 Å². The van der Waals surface area contributed by atoms with E-state index < -0.39 is 0 Å². The number of carbonyl (C=O) groups is 1. The van der Waals surface area contributed by atoms with Crippen LogP contribution >= 0.6 is 11.3 Å². The highest BCUT2D eigenvalue weighted by Gasteiger charge is 2.15. The minimum Gasteiger partial charge on any atom is -0.340 e. The Morgan fingerprint density at radius 1 is 1.44 bits per heavy atom. The molecule has 0 atom stereocenters. The zero-order valence-corrected chi connectivity index (χ0v) is 11.9. The summed E-state index contributed by atoms with van der Waals surface area (Å²) in [6.07, 6.45) is 0. The van der Waals surface area contributed by atoms with E-state index in [9.17, 15) is 4.79 Å². The fourth-order valence-corrected chi connectivity index (χ4v) is 2.93. The van der Waals surface area contributed by atoms with Crippen molar-refractivity contribution < 1.29 is 4.79 Å². The molecule has 1 aromatic rings. The minimum absolute atomic E-state index is 0.142. The third-order valence-electron chi connectivity index (χ3n) is 3.26. The molecule has 0 spiro atoms. The number of hydrogen-bond donors (Lipinski definition) is 1. The van der Waals surface area contributed by atoms with E-state index in [1.807, 2.05) is 31.0 Å². The Bertz CT molecular complexity index is 399. The molecule has 0 radical (unpaired) electrons. The topological polar surface area (TPSA) is 35.6 Å². The van der Waals surface area contributed by atoms with Crippen LogP contribution in [-0.4, -0.2) is 62.0 Å². The Labute approximate surface area is 113 Å². The summed E-state index contributed by atoms with van der Waals surface area (Å²) in [5.74, 6) is 0.142. The Balaban J connectivity index is 1.80. The van der Waals surface area contributed by atoms with E-state index in [1.54, 1.807) is 11.3 Å². The first-order valence-electron chi connectivity index (χ1n) is 6.42. The van der Waals surface area contributed by atoms with Gasteiger partial charge in [0.25, 0.3) is 5.91 Å². The lowest BCUT2D eigenvalue weighted by atomic mass is 10.3. The number of nitrogens with zero attached hydrogens (tertiary/aromatic N) is 2. The average Bonchev–Trinajstić information content (AvgIpc) is 2.83. The van der Waals surface area contributed by atoms with Crippen LogP contribution in [0.2, 0.25) is 0 Å². The molecule has 4 nitrogen and oxygen atoms in total. The molecule has 1 aliphatic heterocycles. The summed E-state index contributed by atoms with van der Waals surface area (Å²) >= 11 is 1.57. The molecule has 0 aliphatic carbocycles. The number of nitrogens with one attached hydrogen (secondary N) is 1. The first kappa shape index (κ1) is 13.5. The molecule has 5 heteroatoms. The van der Waals surface area contributed by atoms with Crippen molar-refractivity contribution in [1.29, 1.82) is 0 Å². The van der Waals surface area contributed by atoms with E-state index in [4.69, 9.17) is 0 Å². The van der Waals surface area contributed by atoms with Gasteiger partial charge in [-0.15, -0.1) is 11.3 Å². The van der Waals surface area contributed by atoms with E-state index in [1.165, 1.54) is 4.88 Å². The van der Waals surface area contributed by atoms with Gasteiger partial charge in [0.15, 0.2) is 0 Å². The molecule has 0 bridgehead atoms. The summed E-state index contributed by atoms with van der Waals surface area (Å²) in [4.78, 5) is 18.4. The predicted octanol–water partition coefficient (Wildman–Crippen LogP) is 1.03. The van der Waals surface area contributed by atoms with Gasteiger partial charge < -0.3 is 10.2 Å². The third-order valence-corrected chi connectivity index (χ3v) is 4.25. The van der Waals surface area contributed by atoms with E-state index in [-0.39, 0.29) is 5.91 Å². The number of carbonyl (C=O) groups excluding carboxylic acids is 1. The zero-order chi connectivity index (χ0) is 13.0. The highest BCUT2D eigenvalue weighted by molar-refractivity contribution is 7.13. The SMILES string of the molecule is Cc1ccc(C(=O)N(C)CCN2CCNCC2)s1. The Hall–Kier alpha value is -0.910. The lowest BCUT2D eigenvalue weighted by Crippen LogP contribution is -2.46. The van der Waals surface area contributed by atoms with E-state index >= 15 is 0 Å². The van der Waals surface area contributed by atoms with Crippen LogP contribution in [-0.2, 0) is 0 Å². The molecule has 1 amide bonds. The number of likely N-dealkylation sites (N-methyl/N-ethyl adjacent to an activating group) is 1. The first-order chi connectivity index (χ1) is 8.66. The van der Waals surface area contributed by atoms with Gasteiger partial charge in [0.05, 0.1) is 4.88 Å². The van der Waals surface area contributed by atoms with Crippen molar-refractivity contribution in [1.82, 2.24) is 15.1 Å². The molecule has 2 rings (SSSR count). The van der Waals surface area contributed by atoms with Gasteiger partial charge >= 0.3 is 0 Å². The van der Waals surface area contributed by atoms with Gasteiger partial charge in [0.1, 0.15) is 0 Å². The largest absolute Gasteiger partial charge is 0.340 e. The van der Waals surface area contributed by atoms with E-state index in [2.05, 4.69) is 10.2 Å². The molecular weight excluding hydrogens is 246 g/mol. The fourth-order valence-electron chi connectivity index (χ4n) is 2.07. The Morgan fingerprint density at radius 2 is 2.17 bits per heavy atom. The van der Waals surface area contributed by atoms with Gasteiger partial charge in [-0.1, -0.05) is 0 Å². The number of aryl methyl sites for hydroxylation is 1. The van der Waals surface area contributed by atoms with Gasteiger partial charge in [0, 0.05) is 51.2 Å². The minimum atomic E-state index is 0.142. The number of piperazine rings is 1. The highest BCUT2D eigenvalue weighted by atomic mass is 32.1. The zero-order valence-electron chi connectivity index (χ0n) is 11.1. The molecule has 1 N–H and O–H groups in total. The number of hydrogen-bond acceptors (Lipinski definition) is 4. The lowest BCUT2D eigenvalue weighted by molar-refractivity contribution is 0.0779. The van der Waals surface area contributed by atoms with Crippen LogP contribution < -0.4 is 5.32 Å². The van der Waals surface area contributed by atoms with Crippen LogP contribution in [0.3, 0.4) is 0 Å². The normalized spacial score (nSPS) is 16.8. The lowest BCUT2D eigenvalue weighted by Gasteiger charge is -2.29.